The van der Waals surface area contributed by atoms with E-state index in [4.69, 9.17) is 5.73 Å². The van der Waals surface area contributed by atoms with Gasteiger partial charge in [-0.05, 0) is 25.2 Å². The second kappa shape index (κ2) is 4.45. The Morgan fingerprint density at radius 2 is 2.33 bits per heavy atom. The van der Waals surface area contributed by atoms with E-state index in [9.17, 15) is 4.79 Å². The van der Waals surface area contributed by atoms with Crippen molar-refractivity contribution in [1.82, 2.24) is 5.32 Å². The van der Waals surface area contributed by atoms with Crippen LogP contribution in [0.5, 0.6) is 0 Å². The molecule has 1 saturated carbocycles. The summed E-state index contributed by atoms with van der Waals surface area (Å²) in [5.74, 6) is 0.837. The molecular weight excluding hydrogens is 152 g/mol. The van der Waals surface area contributed by atoms with E-state index in [1.807, 2.05) is 6.92 Å². The van der Waals surface area contributed by atoms with Gasteiger partial charge in [-0.3, -0.25) is 4.79 Å². The first-order chi connectivity index (χ1) is 5.72. The molecule has 3 N–H and O–H groups in total. The van der Waals surface area contributed by atoms with Crippen LogP contribution >= 0.6 is 0 Å². The zero-order valence-corrected chi connectivity index (χ0v) is 7.68. The normalized spacial score (nSPS) is 18.8. The van der Waals surface area contributed by atoms with E-state index in [-0.39, 0.29) is 11.9 Å². The smallest absolute Gasteiger partial charge is 0.220 e. The van der Waals surface area contributed by atoms with Crippen LogP contribution in [0.4, 0.5) is 0 Å². The number of amides is 1. The first kappa shape index (κ1) is 9.52. The highest BCUT2D eigenvalue weighted by Gasteiger charge is 2.24. The van der Waals surface area contributed by atoms with Gasteiger partial charge in [-0.15, -0.1) is 0 Å². The monoisotopic (exact) mass is 170 g/mol. The van der Waals surface area contributed by atoms with Crippen molar-refractivity contribution in [2.75, 3.05) is 6.54 Å². The van der Waals surface area contributed by atoms with E-state index in [0.29, 0.717) is 18.9 Å². The van der Waals surface area contributed by atoms with Gasteiger partial charge in [-0.1, -0.05) is 6.92 Å². The Morgan fingerprint density at radius 1 is 1.67 bits per heavy atom. The first-order valence-corrected chi connectivity index (χ1v) is 4.74. The van der Waals surface area contributed by atoms with Crippen LogP contribution in [0.25, 0.3) is 0 Å². The highest BCUT2D eigenvalue weighted by atomic mass is 16.1. The van der Waals surface area contributed by atoms with Gasteiger partial charge in [0.25, 0.3) is 0 Å². The molecule has 1 fully saturated rings. The van der Waals surface area contributed by atoms with Crippen LogP contribution in [0.15, 0.2) is 0 Å². The Hall–Kier alpha value is -0.570. The Bertz CT molecular complexity index is 155. The number of hydrogen-bond donors (Lipinski definition) is 2. The summed E-state index contributed by atoms with van der Waals surface area (Å²) in [5.41, 5.74) is 5.65. The SMILES string of the molecule is CCC(N)CNC(=O)CC1CC1. The molecule has 0 spiro atoms. The van der Waals surface area contributed by atoms with Crippen molar-refractivity contribution in [1.29, 1.82) is 0 Å². The molecule has 0 radical (unpaired) electrons. The number of carbonyl (C=O) groups is 1. The van der Waals surface area contributed by atoms with Crippen molar-refractivity contribution in [3.05, 3.63) is 0 Å². The summed E-state index contributed by atoms with van der Waals surface area (Å²) < 4.78 is 0. The maximum absolute atomic E-state index is 11.1. The molecule has 3 heteroatoms. The molecule has 1 aliphatic carbocycles. The maximum atomic E-state index is 11.1. The molecule has 1 aliphatic rings. The quantitative estimate of drug-likeness (QED) is 0.636. The average Bonchev–Trinajstić information content (AvgIpc) is 2.84. The molecule has 0 heterocycles. The summed E-state index contributed by atoms with van der Waals surface area (Å²) in [6.45, 7) is 2.65. The third-order valence-electron chi connectivity index (χ3n) is 2.26. The molecule has 3 nitrogen and oxygen atoms in total. The van der Waals surface area contributed by atoms with Crippen LogP contribution in [-0.2, 0) is 4.79 Å². The van der Waals surface area contributed by atoms with Gasteiger partial charge < -0.3 is 11.1 Å². The third kappa shape index (κ3) is 3.72. The fraction of sp³-hybridized carbons (Fsp3) is 0.889. The number of rotatable bonds is 5. The molecule has 0 aromatic carbocycles. The summed E-state index contributed by atoms with van der Waals surface area (Å²) >= 11 is 0. The van der Waals surface area contributed by atoms with Gasteiger partial charge in [-0.25, -0.2) is 0 Å². The molecular formula is C9H18N2O. The van der Waals surface area contributed by atoms with Crippen LogP contribution in [0.2, 0.25) is 0 Å². The van der Waals surface area contributed by atoms with Crippen LogP contribution in [0.3, 0.4) is 0 Å². The lowest BCUT2D eigenvalue weighted by Gasteiger charge is -2.09. The largest absolute Gasteiger partial charge is 0.355 e. The Balaban J connectivity index is 2.00. The average molecular weight is 170 g/mol. The number of nitrogens with two attached hydrogens (primary N) is 1. The molecule has 0 bridgehead atoms. The topological polar surface area (TPSA) is 55.1 Å². The molecule has 1 atom stereocenters. The number of nitrogens with one attached hydrogen (secondary N) is 1. The van der Waals surface area contributed by atoms with Crippen molar-refractivity contribution >= 4 is 5.91 Å². The van der Waals surface area contributed by atoms with E-state index < -0.39 is 0 Å². The van der Waals surface area contributed by atoms with Crippen molar-refractivity contribution < 1.29 is 4.79 Å². The Labute approximate surface area is 73.7 Å². The summed E-state index contributed by atoms with van der Waals surface area (Å²) in [4.78, 5) is 11.1. The molecule has 0 aliphatic heterocycles. The minimum absolute atomic E-state index is 0.119. The third-order valence-corrected chi connectivity index (χ3v) is 2.26. The lowest BCUT2D eigenvalue weighted by atomic mass is 10.2. The van der Waals surface area contributed by atoms with Crippen molar-refractivity contribution in [2.24, 2.45) is 11.7 Å². The lowest BCUT2D eigenvalue weighted by molar-refractivity contribution is -0.121. The molecule has 1 amide bonds. The van der Waals surface area contributed by atoms with Crippen LogP contribution in [-0.4, -0.2) is 18.5 Å². The molecule has 0 aromatic heterocycles. The predicted octanol–water partition coefficient (Wildman–Crippen LogP) is 0.640. The standard InChI is InChI=1S/C9H18N2O/c1-2-8(10)6-11-9(12)5-7-3-4-7/h7-8H,2-6,10H2,1H3,(H,11,12). The van der Waals surface area contributed by atoms with Crippen molar-refractivity contribution in [3.8, 4) is 0 Å². The number of carbonyl (C=O) groups excluding carboxylic acids is 1. The number of hydrogen-bond acceptors (Lipinski definition) is 2. The second-order valence-electron chi connectivity index (χ2n) is 3.62. The van der Waals surface area contributed by atoms with Gasteiger partial charge >= 0.3 is 0 Å². The van der Waals surface area contributed by atoms with E-state index in [1.165, 1.54) is 12.8 Å². The van der Waals surface area contributed by atoms with E-state index in [0.717, 1.165) is 6.42 Å². The molecule has 1 unspecified atom stereocenters. The van der Waals surface area contributed by atoms with E-state index >= 15 is 0 Å². The minimum atomic E-state index is 0.119. The summed E-state index contributed by atoms with van der Waals surface area (Å²) in [6, 6.07) is 0.119. The Kier molecular flexibility index (Phi) is 3.53. The molecule has 70 valence electrons. The van der Waals surface area contributed by atoms with Crippen LogP contribution in [0.1, 0.15) is 32.6 Å². The summed E-state index contributed by atoms with van der Waals surface area (Å²) in [7, 11) is 0. The molecule has 0 saturated heterocycles. The zero-order chi connectivity index (χ0) is 8.97. The lowest BCUT2D eigenvalue weighted by Crippen LogP contribution is -2.36. The first-order valence-electron chi connectivity index (χ1n) is 4.74. The van der Waals surface area contributed by atoms with Crippen molar-refractivity contribution in [2.45, 2.75) is 38.6 Å². The van der Waals surface area contributed by atoms with Crippen LogP contribution < -0.4 is 11.1 Å². The van der Waals surface area contributed by atoms with Gasteiger partial charge in [0, 0.05) is 19.0 Å². The maximum Gasteiger partial charge on any atom is 0.220 e. The van der Waals surface area contributed by atoms with Gasteiger partial charge in [0.2, 0.25) is 5.91 Å². The van der Waals surface area contributed by atoms with Gasteiger partial charge in [0.1, 0.15) is 0 Å². The summed E-state index contributed by atoms with van der Waals surface area (Å²) in [5, 5.41) is 2.84. The Morgan fingerprint density at radius 3 is 2.83 bits per heavy atom. The molecule has 12 heavy (non-hydrogen) atoms. The molecule has 1 rings (SSSR count). The van der Waals surface area contributed by atoms with Gasteiger partial charge in [0.05, 0.1) is 0 Å². The fourth-order valence-corrected chi connectivity index (χ4v) is 1.05. The van der Waals surface area contributed by atoms with Crippen molar-refractivity contribution in [3.63, 3.8) is 0 Å². The van der Waals surface area contributed by atoms with E-state index in [1.54, 1.807) is 0 Å². The highest BCUT2D eigenvalue weighted by molar-refractivity contribution is 5.76. The predicted molar refractivity (Wildman–Crippen MR) is 48.6 cm³/mol. The van der Waals surface area contributed by atoms with Gasteiger partial charge in [0.15, 0.2) is 0 Å². The second-order valence-corrected chi connectivity index (χ2v) is 3.62. The van der Waals surface area contributed by atoms with Crippen LogP contribution in [0, 0.1) is 5.92 Å². The zero-order valence-electron chi connectivity index (χ0n) is 7.68. The molecule has 0 aromatic rings. The fourth-order valence-electron chi connectivity index (χ4n) is 1.05. The van der Waals surface area contributed by atoms with Gasteiger partial charge in [-0.2, -0.15) is 0 Å². The minimum Gasteiger partial charge on any atom is -0.355 e. The highest BCUT2D eigenvalue weighted by Crippen LogP contribution is 2.31. The summed E-state index contributed by atoms with van der Waals surface area (Å²) in [6.07, 6.45) is 4.08. The van der Waals surface area contributed by atoms with E-state index in [2.05, 4.69) is 5.32 Å².